The van der Waals surface area contributed by atoms with Crippen molar-refractivity contribution in [1.29, 1.82) is 0 Å². The van der Waals surface area contributed by atoms with Gasteiger partial charge in [-0.2, -0.15) is 0 Å². The zero-order valence-corrected chi connectivity index (χ0v) is 11.0. The molecule has 0 aromatic carbocycles. The minimum Gasteiger partial charge on any atom is -0.456 e. The monoisotopic (exact) mass is 253 g/mol. The Hall–Kier alpha value is -1.39. The molecule has 0 radical (unpaired) electrons. The molecule has 0 aromatic heterocycles. The van der Waals surface area contributed by atoms with Gasteiger partial charge in [0, 0.05) is 11.8 Å². The summed E-state index contributed by atoms with van der Waals surface area (Å²) in [6.45, 7) is 6.02. The maximum Gasteiger partial charge on any atom is 0.339 e. The molecule has 1 aliphatic carbocycles. The standard InChI is InChI=1S/C13H19NO4/c1-11(2,3)13(6-7-13)18-10(17)12(8-15)5-4-9(16)14-12/h8H,4-7H2,1-3H3,(H,14,16). The van der Waals surface area contributed by atoms with Crippen LogP contribution in [0.3, 0.4) is 0 Å². The summed E-state index contributed by atoms with van der Waals surface area (Å²) < 4.78 is 5.56. The zero-order valence-electron chi connectivity index (χ0n) is 11.0. The molecular weight excluding hydrogens is 234 g/mol. The third-order valence-corrected chi connectivity index (χ3v) is 4.03. The van der Waals surface area contributed by atoms with Gasteiger partial charge in [-0.05, 0) is 19.3 Å². The van der Waals surface area contributed by atoms with Gasteiger partial charge in [-0.1, -0.05) is 20.8 Å². The Labute approximate surface area is 106 Å². The lowest BCUT2D eigenvalue weighted by Crippen LogP contribution is -2.53. The van der Waals surface area contributed by atoms with E-state index in [-0.39, 0.29) is 24.2 Å². The summed E-state index contributed by atoms with van der Waals surface area (Å²) in [6.07, 6.45) is 2.50. The Kier molecular flexibility index (Phi) is 2.76. The maximum absolute atomic E-state index is 12.2. The molecule has 1 heterocycles. The lowest BCUT2D eigenvalue weighted by Gasteiger charge is -2.33. The lowest BCUT2D eigenvalue weighted by atomic mass is 9.86. The molecular formula is C13H19NO4. The Morgan fingerprint density at radius 2 is 1.94 bits per heavy atom. The predicted octanol–water partition coefficient (Wildman–Crippen LogP) is 0.956. The van der Waals surface area contributed by atoms with E-state index in [4.69, 9.17) is 4.74 Å². The van der Waals surface area contributed by atoms with E-state index in [1.807, 2.05) is 20.8 Å². The first-order valence-corrected chi connectivity index (χ1v) is 6.26. The van der Waals surface area contributed by atoms with Gasteiger partial charge >= 0.3 is 5.97 Å². The van der Waals surface area contributed by atoms with E-state index in [2.05, 4.69) is 5.32 Å². The van der Waals surface area contributed by atoms with Crippen LogP contribution in [0.2, 0.25) is 0 Å². The number of nitrogens with one attached hydrogen (secondary N) is 1. The molecule has 1 amide bonds. The highest BCUT2D eigenvalue weighted by atomic mass is 16.6. The van der Waals surface area contributed by atoms with Crippen LogP contribution in [-0.2, 0) is 19.1 Å². The second kappa shape index (κ2) is 3.80. The van der Waals surface area contributed by atoms with Crippen molar-refractivity contribution in [3.63, 3.8) is 0 Å². The van der Waals surface area contributed by atoms with Crippen LogP contribution < -0.4 is 5.32 Å². The summed E-state index contributed by atoms with van der Waals surface area (Å²) >= 11 is 0. The number of aldehydes is 1. The van der Waals surface area contributed by atoms with Crippen molar-refractivity contribution in [1.82, 2.24) is 5.32 Å². The molecule has 2 fully saturated rings. The molecule has 1 N–H and O–H groups in total. The Balaban J connectivity index is 2.13. The first kappa shape index (κ1) is 13.1. The van der Waals surface area contributed by atoms with E-state index in [0.717, 1.165) is 12.8 Å². The zero-order chi connectivity index (χ0) is 13.6. The average Bonchev–Trinajstić information content (AvgIpc) is 2.95. The smallest absolute Gasteiger partial charge is 0.339 e. The van der Waals surface area contributed by atoms with Crippen LogP contribution in [-0.4, -0.2) is 29.3 Å². The first-order valence-electron chi connectivity index (χ1n) is 6.26. The fraction of sp³-hybridized carbons (Fsp3) is 0.769. The van der Waals surface area contributed by atoms with Gasteiger partial charge in [0.2, 0.25) is 5.91 Å². The molecule has 1 unspecified atom stereocenters. The van der Waals surface area contributed by atoms with Crippen molar-refractivity contribution in [3.8, 4) is 0 Å². The quantitative estimate of drug-likeness (QED) is 0.462. The highest BCUT2D eigenvalue weighted by Crippen LogP contribution is 2.53. The normalized spacial score (nSPS) is 29.6. The third kappa shape index (κ3) is 1.91. The van der Waals surface area contributed by atoms with E-state index in [0.29, 0.717) is 6.29 Å². The topological polar surface area (TPSA) is 72.5 Å². The minimum atomic E-state index is -1.46. The molecule has 0 spiro atoms. The number of carbonyl (C=O) groups excluding carboxylic acids is 3. The largest absolute Gasteiger partial charge is 0.456 e. The van der Waals surface area contributed by atoms with Gasteiger partial charge in [-0.15, -0.1) is 0 Å². The summed E-state index contributed by atoms with van der Waals surface area (Å²) in [4.78, 5) is 34.6. The van der Waals surface area contributed by atoms with Gasteiger partial charge in [-0.25, -0.2) is 4.79 Å². The third-order valence-electron chi connectivity index (χ3n) is 4.03. The number of carbonyl (C=O) groups is 3. The first-order chi connectivity index (χ1) is 8.25. The summed E-state index contributed by atoms with van der Waals surface area (Å²) in [6, 6.07) is 0. The van der Waals surface area contributed by atoms with E-state index in [9.17, 15) is 14.4 Å². The van der Waals surface area contributed by atoms with Crippen molar-refractivity contribution in [3.05, 3.63) is 0 Å². The van der Waals surface area contributed by atoms with Gasteiger partial charge in [0.1, 0.15) is 5.60 Å². The van der Waals surface area contributed by atoms with Crippen LogP contribution in [0.1, 0.15) is 46.5 Å². The van der Waals surface area contributed by atoms with Gasteiger partial charge in [0.25, 0.3) is 0 Å². The number of amides is 1. The average molecular weight is 253 g/mol. The molecule has 2 aliphatic rings. The van der Waals surface area contributed by atoms with Crippen LogP contribution >= 0.6 is 0 Å². The fourth-order valence-corrected chi connectivity index (χ4v) is 2.36. The number of hydrogen-bond donors (Lipinski definition) is 1. The summed E-state index contributed by atoms with van der Waals surface area (Å²) in [5.41, 5.74) is -2.10. The molecule has 5 nitrogen and oxygen atoms in total. The molecule has 0 aromatic rings. The lowest BCUT2D eigenvalue weighted by molar-refractivity contribution is -0.166. The predicted molar refractivity (Wildman–Crippen MR) is 63.7 cm³/mol. The number of hydrogen-bond acceptors (Lipinski definition) is 4. The molecule has 18 heavy (non-hydrogen) atoms. The van der Waals surface area contributed by atoms with Crippen LogP contribution in [0.5, 0.6) is 0 Å². The summed E-state index contributed by atoms with van der Waals surface area (Å²) in [7, 11) is 0. The molecule has 0 bridgehead atoms. The van der Waals surface area contributed by atoms with Gasteiger partial charge in [-0.3, -0.25) is 4.79 Å². The van der Waals surface area contributed by atoms with E-state index < -0.39 is 17.1 Å². The summed E-state index contributed by atoms with van der Waals surface area (Å²) in [5, 5.41) is 2.44. The molecule has 1 saturated heterocycles. The van der Waals surface area contributed by atoms with Crippen molar-refractivity contribution in [2.45, 2.75) is 57.6 Å². The van der Waals surface area contributed by atoms with Crippen LogP contribution in [0.25, 0.3) is 0 Å². The second-order valence-electron chi connectivity index (χ2n) is 6.27. The Bertz CT molecular complexity index is 406. The van der Waals surface area contributed by atoms with Crippen LogP contribution in [0, 0.1) is 5.41 Å². The van der Waals surface area contributed by atoms with E-state index in [1.165, 1.54) is 0 Å². The number of rotatable bonds is 3. The van der Waals surface area contributed by atoms with Crippen molar-refractivity contribution >= 4 is 18.2 Å². The Morgan fingerprint density at radius 3 is 2.28 bits per heavy atom. The molecule has 1 aliphatic heterocycles. The van der Waals surface area contributed by atoms with E-state index >= 15 is 0 Å². The molecule has 1 saturated carbocycles. The molecule has 100 valence electrons. The molecule has 5 heteroatoms. The Morgan fingerprint density at radius 1 is 1.33 bits per heavy atom. The van der Waals surface area contributed by atoms with Crippen LogP contribution in [0.4, 0.5) is 0 Å². The molecule has 1 atom stereocenters. The summed E-state index contributed by atoms with van der Waals surface area (Å²) in [5.74, 6) is -0.893. The highest BCUT2D eigenvalue weighted by molar-refractivity contribution is 6.04. The SMILES string of the molecule is CC(C)(C)C1(OC(=O)C2(C=O)CCC(=O)N2)CC1. The minimum absolute atomic E-state index is 0.157. The molecule has 2 rings (SSSR count). The van der Waals surface area contributed by atoms with Gasteiger partial charge in [0.15, 0.2) is 11.8 Å². The van der Waals surface area contributed by atoms with E-state index in [1.54, 1.807) is 0 Å². The van der Waals surface area contributed by atoms with Gasteiger partial charge in [0.05, 0.1) is 0 Å². The fourth-order valence-electron chi connectivity index (χ4n) is 2.36. The van der Waals surface area contributed by atoms with Crippen molar-refractivity contribution in [2.75, 3.05) is 0 Å². The maximum atomic E-state index is 12.2. The number of ether oxygens (including phenoxy) is 1. The number of esters is 1. The second-order valence-corrected chi connectivity index (χ2v) is 6.27. The highest BCUT2D eigenvalue weighted by Gasteiger charge is 2.58. The van der Waals surface area contributed by atoms with Crippen molar-refractivity contribution < 1.29 is 19.1 Å². The van der Waals surface area contributed by atoms with Gasteiger partial charge < -0.3 is 14.8 Å². The van der Waals surface area contributed by atoms with Crippen LogP contribution in [0.15, 0.2) is 0 Å². The van der Waals surface area contributed by atoms with Crippen molar-refractivity contribution in [2.24, 2.45) is 5.41 Å².